The SMILES string of the molecule is CC(C)c1nc(OCC(=O)O)cc(=O)[nH]1. The van der Waals surface area contributed by atoms with Crippen molar-refractivity contribution in [3.63, 3.8) is 0 Å². The van der Waals surface area contributed by atoms with Crippen molar-refractivity contribution in [2.45, 2.75) is 19.8 Å². The summed E-state index contributed by atoms with van der Waals surface area (Å²) < 4.78 is 4.81. The lowest BCUT2D eigenvalue weighted by atomic mass is 10.2. The summed E-state index contributed by atoms with van der Waals surface area (Å²) in [5, 5.41) is 8.38. The van der Waals surface area contributed by atoms with Gasteiger partial charge < -0.3 is 14.8 Å². The average Bonchev–Trinajstić information content (AvgIpc) is 2.13. The van der Waals surface area contributed by atoms with Crippen molar-refractivity contribution in [1.82, 2.24) is 9.97 Å². The summed E-state index contributed by atoms with van der Waals surface area (Å²) in [7, 11) is 0. The van der Waals surface area contributed by atoms with E-state index >= 15 is 0 Å². The topological polar surface area (TPSA) is 92.3 Å². The fourth-order valence-electron chi connectivity index (χ4n) is 0.936. The lowest BCUT2D eigenvalue weighted by molar-refractivity contribution is -0.139. The quantitative estimate of drug-likeness (QED) is 0.751. The fraction of sp³-hybridized carbons (Fsp3) is 0.444. The van der Waals surface area contributed by atoms with E-state index in [9.17, 15) is 9.59 Å². The molecule has 0 amide bonds. The van der Waals surface area contributed by atoms with E-state index in [4.69, 9.17) is 9.84 Å². The van der Waals surface area contributed by atoms with Gasteiger partial charge in [-0.05, 0) is 0 Å². The van der Waals surface area contributed by atoms with Crippen LogP contribution >= 0.6 is 0 Å². The number of hydrogen-bond acceptors (Lipinski definition) is 4. The molecule has 0 fully saturated rings. The number of aliphatic carboxylic acids is 1. The van der Waals surface area contributed by atoms with E-state index in [1.54, 1.807) is 0 Å². The van der Waals surface area contributed by atoms with E-state index in [0.29, 0.717) is 5.82 Å². The Balaban J connectivity index is 2.89. The first kappa shape index (κ1) is 11.2. The molecule has 0 aliphatic heterocycles. The highest BCUT2D eigenvalue weighted by molar-refractivity contribution is 5.68. The van der Waals surface area contributed by atoms with E-state index in [1.807, 2.05) is 13.8 Å². The van der Waals surface area contributed by atoms with Crippen LogP contribution in [0.15, 0.2) is 10.9 Å². The molecule has 6 nitrogen and oxygen atoms in total. The molecule has 0 atom stereocenters. The molecule has 0 bridgehead atoms. The number of aromatic nitrogens is 2. The minimum atomic E-state index is -1.11. The monoisotopic (exact) mass is 212 g/mol. The highest BCUT2D eigenvalue weighted by Crippen LogP contribution is 2.10. The van der Waals surface area contributed by atoms with Gasteiger partial charge in [0, 0.05) is 5.92 Å². The zero-order valence-electron chi connectivity index (χ0n) is 8.48. The lowest BCUT2D eigenvalue weighted by Gasteiger charge is -2.06. The summed E-state index contributed by atoms with van der Waals surface area (Å²) in [6.07, 6.45) is 0. The van der Waals surface area contributed by atoms with Crippen molar-refractivity contribution in [3.8, 4) is 5.88 Å². The lowest BCUT2D eigenvalue weighted by Crippen LogP contribution is -2.16. The maximum absolute atomic E-state index is 11.1. The molecule has 0 radical (unpaired) electrons. The Labute approximate surface area is 85.9 Å². The molecule has 0 saturated carbocycles. The largest absolute Gasteiger partial charge is 0.479 e. The van der Waals surface area contributed by atoms with Crippen LogP contribution in [-0.4, -0.2) is 27.7 Å². The van der Waals surface area contributed by atoms with Crippen molar-refractivity contribution in [2.75, 3.05) is 6.61 Å². The summed E-state index contributed by atoms with van der Waals surface area (Å²) in [4.78, 5) is 27.9. The second kappa shape index (κ2) is 4.59. The molecule has 1 aromatic heterocycles. The summed E-state index contributed by atoms with van der Waals surface area (Å²) in [5.74, 6) is -0.554. The number of nitrogens with zero attached hydrogens (tertiary/aromatic N) is 1. The molecule has 15 heavy (non-hydrogen) atoms. The van der Waals surface area contributed by atoms with Gasteiger partial charge in [-0.3, -0.25) is 4.79 Å². The average molecular weight is 212 g/mol. The molecule has 0 spiro atoms. The number of ether oxygens (including phenoxy) is 1. The van der Waals surface area contributed by atoms with Gasteiger partial charge in [-0.2, -0.15) is 4.98 Å². The van der Waals surface area contributed by atoms with Gasteiger partial charge in [0.25, 0.3) is 5.56 Å². The normalized spacial score (nSPS) is 10.3. The van der Waals surface area contributed by atoms with Crippen LogP contribution in [0.3, 0.4) is 0 Å². The third-order valence-corrected chi connectivity index (χ3v) is 1.63. The predicted octanol–water partition coefficient (Wildman–Crippen LogP) is 0.357. The molecule has 1 aromatic rings. The third kappa shape index (κ3) is 3.41. The van der Waals surface area contributed by atoms with Gasteiger partial charge in [0.1, 0.15) is 5.82 Å². The first-order chi connectivity index (χ1) is 6.99. The number of aromatic amines is 1. The molecular formula is C9H12N2O4. The maximum Gasteiger partial charge on any atom is 0.341 e. The van der Waals surface area contributed by atoms with Gasteiger partial charge in [-0.15, -0.1) is 0 Å². The third-order valence-electron chi connectivity index (χ3n) is 1.63. The van der Waals surface area contributed by atoms with Gasteiger partial charge in [-0.25, -0.2) is 4.79 Å². The molecule has 0 aliphatic carbocycles. The van der Waals surface area contributed by atoms with Gasteiger partial charge in [0.15, 0.2) is 6.61 Å². The molecule has 1 rings (SSSR count). The van der Waals surface area contributed by atoms with Gasteiger partial charge >= 0.3 is 5.97 Å². The maximum atomic E-state index is 11.1. The molecule has 0 aliphatic rings. The molecule has 0 unspecified atom stereocenters. The number of carbonyl (C=O) groups is 1. The van der Waals surface area contributed by atoms with E-state index in [1.165, 1.54) is 0 Å². The Bertz CT molecular complexity index is 411. The molecule has 0 saturated heterocycles. The number of nitrogens with one attached hydrogen (secondary N) is 1. The van der Waals surface area contributed by atoms with Crippen LogP contribution in [0.5, 0.6) is 5.88 Å². The molecule has 6 heteroatoms. The van der Waals surface area contributed by atoms with Crippen molar-refractivity contribution in [2.24, 2.45) is 0 Å². The molecule has 1 heterocycles. The molecule has 0 aromatic carbocycles. The zero-order chi connectivity index (χ0) is 11.4. The Kier molecular flexibility index (Phi) is 3.43. The van der Waals surface area contributed by atoms with Crippen molar-refractivity contribution in [3.05, 3.63) is 22.2 Å². The second-order valence-corrected chi connectivity index (χ2v) is 3.31. The Morgan fingerprint density at radius 1 is 1.67 bits per heavy atom. The number of hydrogen-bond donors (Lipinski definition) is 2. The smallest absolute Gasteiger partial charge is 0.341 e. The van der Waals surface area contributed by atoms with E-state index < -0.39 is 12.6 Å². The van der Waals surface area contributed by atoms with Crippen LogP contribution in [0.1, 0.15) is 25.6 Å². The molecular weight excluding hydrogens is 200 g/mol. The van der Waals surface area contributed by atoms with Crippen molar-refractivity contribution < 1.29 is 14.6 Å². The van der Waals surface area contributed by atoms with Crippen molar-refractivity contribution in [1.29, 1.82) is 0 Å². The standard InChI is InChI=1S/C9H12N2O4/c1-5(2)9-10-6(12)3-7(11-9)15-4-8(13)14/h3,5H,4H2,1-2H3,(H,13,14)(H,10,11,12). The van der Waals surface area contributed by atoms with Crippen LogP contribution in [0.25, 0.3) is 0 Å². The number of carboxylic acid groups (broad SMARTS) is 1. The van der Waals surface area contributed by atoms with Crippen LogP contribution in [0.4, 0.5) is 0 Å². The first-order valence-electron chi connectivity index (χ1n) is 4.45. The van der Waals surface area contributed by atoms with E-state index in [-0.39, 0.29) is 17.4 Å². The Hall–Kier alpha value is -1.85. The number of rotatable bonds is 4. The summed E-state index contributed by atoms with van der Waals surface area (Å²) in [6, 6.07) is 1.12. The fourth-order valence-corrected chi connectivity index (χ4v) is 0.936. The summed E-state index contributed by atoms with van der Waals surface area (Å²) >= 11 is 0. The van der Waals surface area contributed by atoms with Crippen LogP contribution < -0.4 is 10.3 Å². The Morgan fingerprint density at radius 2 is 2.33 bits per heavy atom. The molecule has 82 valence electrons. The van der Waals surface area contributed by atoms with E-state index in [2.05, 4.69) is 9.97 Å². The number of carboxylic acids is 1. The predicted molar refractivity (Wildman–Crippen MR) is 52.1 cm³/mol. The minimum Gasteiger partial charge on any atom is -0.479 e. The number of H-pyrrole nitrogens is 1. The minimum absolute atomic E-state index is 0.0323. The molecule has 2 N–H and O–H groups in total. The second-order valence-electron chi connectivity index (χ2n) is 3.31. The highest BCUT2D eigenvalue weighted by atomic mass is 16.5. The van der Waals surface area contributed by atoms with Gasteiger partial charge in [0.2, 0.25) is 5.88 Å². The zero-order valence-corrected chi connectivity index (χ0v) is 8.48. The van der Waals surface area contributed by atoms with E-state index in [0.717, 1.165) is 6.07 Å². The van der Waals surface area contributed by atoms with Gasteiger partial charge in [-0.1, -0.05) is 13.8 Å². The Morgan fingerprint density at radius 3 is 2.87 bits per heavy atom. The van der Waals surface area contributed by atoms with Crippen LogP contribution in [-0.2, 0) is 4.79 Å². The summed E-state index contributed by atoms with van der Waals surface area (Å²) in [5.41, 5.74) is -0.353. The summed E-state index contributed by atoms with van der Waals surface area (Å²) in [6.45, 7) is 3.21. The van der Waals surface area contributed by atoms with Crippen LogP contribution in [0, 0.1) is 0 Å². The van der Waals surface area contributed by atoms with Crippen molar-refractivity contribution >= 4 is 5.97 Å². The first-order valence-corrected chi connectivity index (χ1v) is 4.45. The van der Waals surface area contributed by atoms with Gasteiger partial charge in [0.05, 0.1) is 6.07 Å². The highest BCUT2D eigenvalue weighted by Gasteiger charge is 2.07. The van der Waals surface area contributed by atoms with Crippen LogP contribution in [0.2, 0.25) is 0 Å².